The van der Waals surface area contributed by atoms with E-state index >= 15 is 0 Å². The highest BCUT2D eigenvalue weighted by Gasteiger charge is 2.31. The molecule has 1 N–H and O–H groups in total. The molecule has 0 unspecified atom stereocenters. The molecule has 1 saturated heterocycles. The van der Waals surface area contributed by atoms with E-state index in [4.69, 9.17) is 0 Å². The molecule has 1 aromatic carbocycles. The van der Waals surface area contributed by atoms with Crippen LogP contribution in [0.1, 0.15) is 45.4 Å². The van der Waals surface area contributed by atoms with Gasteiger partial charge in [0.15, 0.2) is 0 Å². The molecular formula is C18H23FN4O2. The van der Waals surface area contributed by atoms with Crippen LogP contribution >= 0.6 is 0 Å². The zero-order valence-corrected chi connectivity index (χ0v) is 14.8. The predicted octanol–water partition coefficient (Wildman–Crippen LogP) is 2.45. The van der Waals surface area contributed by atoms with Crippen LogP contribution in [0.2, 0.25) is 0 Å². The maximum atomic E-state index is 13.0. The lowest BCUT2D eigenvalue weighted by Crippen LogP contribution is -2.43. The van der Waals surface area contributed by atoms with Crippen molar-refractivity contribution in [1.29, 1.82) is 0 Å². The van der Waals surface area contributed by atoms with E-state index in [9.17, 15) is 14.0 Å². The Kier molecular flexibility index (Phi) is 4.49. The Morgan fingerprint density at radius 1 is 1.20 bits per heavy atom. The number of piperidine rings is 1. The molecule has 0 bridgehead atoms. The van der Waals surface area contributed by atoms with Crippen molar-refractivity contribution in [3.63, 3.8) is 0 Å². The van der Waals surface area contributed by atoms with E-state index in [1.54, 1.807) is 0 Å². The molecule has 1 fully saturated rings. The molecule has 6 nitrogen and oxygen atoms in total. The van der Waals surface area contributed by atoms with Crippen LogP contribution in [0.15, 0.2) is 29.1 Å². The summed E-state index contributed by atoms with van der Waals surface area (Å²) in [6, 6.07) is 5.64. The van der Waals surface area contributed by atoms with Gasteiger partial charge >= 0.3 is 5.69 Å². The minimum Gasteiger partial charge on any atom is -0.342 e. The topological polar surface area (TPSA) is 71.0 Å². The number of nitrogens with one attached hydrogen (secondary N) is 1. The second kappa shape index (κ2) is 6.46. The average molecular weight is 346 g/mol. The van der Waals surface area contributed by atoms with Gasteiger partial charge in [-0.05, 0) is 37.1 Å². The van der Waals surface area contributed by atoms with E-state index in [0.29, 0.717) is 24.6 Å². The third-order valence-electron chi connectivity index (χ3n) is 4.52. The van der Waals surface area contributed by atoms with Gasteiger partial charge in [-0.3, -0.25) is 9.78 Å². The monoisotopic (exact) mass is 346 g/mol. The van der Waals surface area contributed by atoms with Gasteiger partial charge < -0.3 is 4.90 Å². The summed E-state index contributed by atoms with van der Waals surface area (Å²) >= 11 is 0. The molecule has 1 aliphatic rings. The van der Waals surface area contributed by atoms with Crippen LogP contribution in [-0.4, -0.2) is 38.7 Å². The van der Waals surface area contributed by atoms with E-state index < -0.39 is 0 Å². The molecule has 0 saturated carbocycles. The van der Waals surface area contributed by atoms with Crippen molar-refractivity contribution in [2.45, 2.75) is 39.5 Å². The Morgan fingerprint density at radius 3 is 2.36 bits per heavy atom. The lowest BCUT2D eigenvalue weighted by atomic mass is 9.91. The summed E-state index contributed by atoms with van der Waals surface area (Å²) in [7, 11) is 0. The van der Waals surface area contributed by atoms with Gasteiger partial charge in [0.05, 0.1) is 5.69 Å². The Bertz CT molecular complexity index is 809. The van der Waals surface area contributed by atoms with Crippen molar-refractivity contribution in [2.24, 2.45) is 5.41 Å². The maximum Gasteiger partial charge on any atom is 0.348 e. The Labute approximate surface area is 145 Å². The molecule has 0 radical (unpaired) electrons. The van der Waals surface area contributed by atoms with E-state index in [0.717, 1.165) is 12.8 Å². The number of amides is 1. The zero-order chi connectivity index (χ0) is 18.2. The van der Waals surface area contributed by atoms with Crippen molar-refractivity contribution in [2.75, 3.05) is 13.1 Å². The van der Waals surface area contributed by atoms with Crippen LogP contribution in [0, 0.1) is 11.2 Å². The minimum absolute atomic E-state index is 0.110. The van der Waals surface area contributed by atoms with Crippen molar-refractivity contribution in [3.8, 4) is 5.69 Å². The highest BCUT2D eigenvalue weighted by molar-refractivity contribution is 5.81. The summed E-state index contributed by atoms with van der Waals surface area (Å²) < 4.78 is 14.3. The van der Waals surface area contributed by atoms with Crippen LogP contribution in [0.5, 0.6) is 0 Å². The third kappa shape index (κ3) is 3.65. The first-order valence-electron chi connectivity index (χ1n) is 8.50. The number of nitrogens with zero attached hydrogens (tertiary/aromatic N) is 3. The third-order valence-corrected chi connectivity index (χ3v) is 4.52. The molecule has 2 heterocycles. The molecule has 3 rings (SSSR count). The number of benzene rings is 1. The van der Waals surface area contributed by atoms with Crippen LogP contribution < -0.4 is 5.69 Å². The van der Waals surface area contributed by atoms with Gasteiger partial charge in [-0.1, -0.05) is 20.8 Å². The maximum absolute atomic E-state index is 13.0. The first-order chi connectivity index (χ1) is 11.8. The van der Waals surface area contributed by atoms with Crippen molar-refractivity contribution < 1.29 is 9.18 Å². The summed E-state index contributed by atoms with van der Waals surface area (Å²) in [5.41, 5.74) is -0.199. The van der Waals surface area contributed by atoms with Crippen LogP contribution in [0.3, 0.4) is 0 Å². The molecule has 134 valence electrons. The number of hydrogen-bond acceptors (Lipinski definition) is 3. The average Bonchev–Trinajstić information content (AvgIpc) is 2.96. The molecule has 1 aromatic heterocycles. The number of aromatic nitrogens is 3. The molecule has 0 atom stereocenters. The van der Waals surface area contributed by atoms with E-state index in [-0.39, 0.29) is 28.7 Å². The molecule has 25 heavy (non-hydrogen) atoms. The van der Waals surface area contributed by atoms with Gasteiger partial charge in [-0.15, -0.1) is 5.10 Å². The molecule has 1 aliphatic heterocycles. The number of carbonyl (C=O) groups is 1. The van der Waals surface area contributed by atoms with Crippen LogP contribution in [0.25, 0.3) is 5.69 Å². The molecule has 0 aliphatic carbocycles. The number of hydrogen-bond donors (Lipinski definition) is 1. The first kappa shape index (κ1) is 17.4. The quantitative estimate of drug-likeness (QED) is 0.908. The smallest absolute Gasteiger partial charge is 0.342 e. The fourth-order valence-corrected chi connectivity index (χ4v) is 3.11. The summed E-state index contributed by atoms with van der Waals surface area (Å²) in [4.78, 5) is 29.2. The molecular weight excluding hydrogens is 323 g/mol. The van der Waals surface area contributed by atoms with E-state index in [1.165, 1.54) is 28.9 Å². The lowest BCUT2D eigenvalue weighted by Gasteiger charge is -2.35. The standard InChI is InChI=1S/C18H23FN4O2/c1-18(2,3)16(24)22-10-8-12(9-11-22)15-20-17(25)23(21-15)14-6-4-13(19)5-7-14/h4-7,12H,8-11H2,1-3H3,(H,20,21,25). The predicted molar refractivity (Wildman–Crippen MR) is 92.2 cm³/mol. The SMILES string of the molecule is CC(C)(C)C(=O)N1CCC(c2nn(-c3ccc(F)cc3)c(=O)[nH]2)CC1. The van der Waals surface area contributed by atoms with Crippen molar-refractivity contribution in [1.82, 2.24) is 19.7 Å². The summed E-state index contributed by atoms with van der Waals surface area (Å²) in [6.07, 6.45) is 1.52. The van der Waals surface area contributed by atoms with Crippen LogP contribution in [-0.2, 0) is 4.79 Å². The number of likely N-dealkylation sites (tertiary alicyclic amines) is 1. The van der Waals surface area contributed by atoms with Gasteiger partial charge in [0.1, 0.15) is 11.6 Å². The summed E-state index contributed by atoms with van der Waals surface area (Å²) in [6.45, 7) is 7.08. The van der Waals surface area contributed by atoms with E-state index in [1.807, 2.05) is 25.7 Å². The second-order valence-corrected chi connectivity index (χ2v) is 7.52. The zero-order valence-electron chi connectivity index (χ0n) is 14.8. The lowest BCUT2D eigenvalue weighted by molar-refractivity contribution is -0.140. The fourth-order valence-electron chi connectivity index (χ4n) is 3.11. The molecule has 1 amide bonds. The van der Waals surface area contributed by atoms with Gasteiger partial charge in [-0.25, -0.2) is 9.18 Å². The normalized spacial score (nSPS) is 16.2. The number of aromatic amines is 1. The molecule has 2 aromatic rings. The number of rotatable bonds is 2. The number of halogens is 1. The van der Waals surface area contributed by atoms with Gasteiger partial charge in [0.25, 0.3) is 0 Å². The van der Waals surface area contributed by atoms with Crippen molar-refractivity contribution in [3.05, 3.63) is 46.4 Å². The highest BCUT2D eigenvalue weighted by Crippen LogP contribution is 2.28. The Balaban J connectivity index is 1.73. The first-order valence-corrected chi connectivity index (χ1v) is 8.50. The number of carbonyl (C=O) groups excluding carboxylic acids is 1. The molecule has 0 spiro atoms. The summed E-state index contributed by atoms with van der Waals surface area (Å²) in [5, 5.41) is 4.37. The Hall–Kier alpha value is -2.44. The summed E-state index contributed by atoms with van der Waals surface area (Å²) in [5.74, 6) is 0.523. The van der Waals surface area contributed by atoms with Crippen LogP contribution in [0.4, 0.5) is 4.39 Å². The van der Waals surface area contributed by atoms with E-state index in [2.05, 4.69) is 10.1 Å². The second-order valence-electron chi connectivity index (χ2n) is 7.52. The van der Waals surface area contributed by atoms with Crippen molar-refractivity contribution >= 4 is 5.91 Å². The van der Waals surface area contributed by atoms with Gasteiger partial charge in [0, 0.05) is 24.4 Å². The van der Waals surface area contributed by atoms with Gasteiger partial charge in [0.2, 0.25) is 5.91 Å². The number of H-pyrrole nitrogens is 1. The highest BCUT2D eigenvalue weighted by atomic mass is 19.1. The minimum atomic E-state index is -0.384. The fraction of sp³-hybridized carbons (Fsp3) is 0.500. The van der Waals surface area contributed by atoms with Gasteiger partial charge in [-0.2, -0.15) is 4.68 Å². The largest absolute Gasteiger partial charge is 0.348 e. The molecule has 7 heteroatoms. The Morgan fingerprint density at radius 2 is 1.80 bits per heavy atom.